The molecule has 2 nitrogen and oxygen atoms in total. The van der Waals surface area contributed by atoms with Gasteiger partial charge in [0.15, 0.2) is 0 Å². The molecule has 15 heavy (non-hydrogen) atoms. The molecule has 0 N–H and O–H groups in total. The predicted octanol–water partition coefficient (Wildman–Crippen LogP) is 3.29. The van der Waals surface area contributed by atoms with Crippen LogP contribution in [0.5, 0.6) is 0 Å². The molecule has 1 saturated carbocycles. The molecule has 0 bridgehead atoms. The number of fused-ring (bicyclic) bond motifs is 1. The summed E-state index contributed by atoms with van der Waals surface area (Å²) in [6, 6.07) is 2.31. The van der Waals surface area contributed by atoms with Gasteiger partial charge in [0.05, 0.1) is 6.07 Å². The lowest BCUT2D eigenvalue weighted by Crippen LogP contribution is -2.33. The first-order chi connectivity index (χ1) is 7.27. The van der Waals surface area contributed by atoms with Crippen LogP contribution < -0.4 is 0 Å². The van der Waals surface area contributed by atoms with Crippen LogP contribution in [0.15, 0.2) is 0 Å². The fourth-order valence-corrected chi connectivity index (χ4v) is 2.46. The summed E-state index contributed by atoms with van der Waals surface area (Å²) >= 11 is 0. The molecular formula is C13H26N2. The van der Waals surface area contributed by atoms with Crippen molar-refractivity contribution in [3.63, 3.8) is 0 Å². The minimum absolute atomic E-state index is 0.432. The third-order valence-corrected chi connectivity index (χ3v) is 3.23. The van der Waals surface area contributed by atoms with E-state index in [1.54, 1.807) is 0 Å². The second-order valence-corrected chi connectivity index (χ2v) is 4.12. The standard InChI is InChI=1S/C9H14N2.2C2H6/c1-11-5-2-8-6-9(8,7-11)3-4-10;2*1-2/h8H,2-3,5-7H2,1H3;2*1-2H3. The summed E-state index contributed by atoms with van der Waals surface area (Å²) in [5.74, 6) is 0.887. The van der Waals surface area contributed by atoms with Gasteiger partial charge in [-0.25, -0.2) is 0 Å². The molecule has 0 aromatic carbocycles. The third-order valence-electron chi connectivity index (χ3n) is 3.23. The largest absolute Gasteiger partial charge is 0.306 e. The first kappa shape index (κ1) is 14.5. The molecule has 2 aliphatic rings. The zero-order valence-electron chi connectivity index (χ0n) is 11.0. The number of hydrogen-bond donors (Lipinski definition) is 0. The van der Waals surface area contributed by atoms with Crippen molar-refractivity contribution in [3.8, 4) is 6.07 Å². The topological polar surface area (TPSA) is 27.0 Å². The average molecular weight is 210 g/mol. The first-order valence-electron chi connectivity index (χ1n) is 6.32. The van der Waals surface area contributed by atoms with Crippen molar-refractivity contribution in [1.29, 1.82) is 5.26 Å². The fourth-order valence-electron chi connectivity index (χ4n) is 2.46. The van der Waals surface area contributed by atoms with Gasteiger partial charge in [-0.2, -0.15) is 5.26 Å². The SMILES string of the molecule is CC.CC.CN1CCC2CC2(CC#N)C1. The number of likely N-dealkylation sites (tertiary alicyclic amines) is 1. The molecule has 2 atom stereocenters. The van der Waals surface area contributed by atoms with Crippen molar-refractivity contribution in [2.75, 3.05) is 20.1 Å². The Morgan fingerprint density at radius 1 is 1.33 bits per heavy atom. The van der Waals surface area contributed by atoms with Crippen molar-refractivity contribution in [3.05, 3.63) is 0 Å². The molecule has 2 fully saturated rings. The van der Waals surface area contributed by atoms with Crippen molar-refractivity contribution in [2.24, 2.45) is 11.3 Å². The van der Waals surface area contributed by atoms with E-state index in [1.165, 1.54) is 19.4 Å². The van der Waals surface area contributed by atoms with Crippen LogP contribution in [0.3, 0.4) is 0 Å². The highest BCUT2D eigenvalue weighted by atomic mass is 15.1. The van der Waals surface area contributed by atoms with Gasteiger partial charge in [-0.05, 0) is 37.8 Å². The van der Waals surface area contributed by atoms with Crippen LogP contribution in [0.2, 0.25) is 0 Å². The van der Waals surface area contributed by atoms with Crippen LogP contribution in [0.1, 0.15) is 47.0 Å². The number of piperidine rings is 1. The molecule has 0 amide bonds. The lowest BCUT2D eigenvalue weighted by atomic mass is 9.95. The summed E-state index contributed by atoms with van der Waals surface area (Å²) in [7, 11) is 2.16. The van der Waals surface area contributed by atoms with Crippen LogP contribution in [-0.2, 0) is 0 Å². The van der Waals surface area contributed by atoms with E-state index in [0.717, 1.165) is 18.9 Å². The average Bonchev–Trinajstić information content (AvgIpc) is 2.97. The Labute approximate surface area is 95.3 Å². The maximum Gasteiger partial charge on any atom is 0.0628 e. The van der Waals surface area contributed by atoms with Crippen LogP contribution in [0, 0.1) is 22.7 Å². The maximum absolute atomic E-state index is 8.63. The van der Waals surface area contributed by atoms with Crippen LogP contribution in [0.25, 0.3) is 0 Å². The van der Waals surface area contributed by atoms with E-state index in [2.05, 4.69) is 18.0 Å². The lowest BCUT2D eigenvalue weighted by Gasteiger charge is -2.27. The number of hydrogen-bond acceptors (Lipinski definition) is 2. The summed E-state index contributed by atoms with van der Waals surface area (Å²) in [5.41, 5.74) is 0.432. The summed E-state index contributed by atoms with van der Waals surface area (Å²) in [6.45, 7) is 10.4. The quantitative estimate of drug-likeness (QED) is 0.664. The number of nitriles is 1. The van der Waals surface area contributed by atoms with E-state index in [1.807, 2.05) is 27.7 Å². The highest BCUT2D eigenvalue weighted by Crippen LogP contribution is 2.59. The molecule has 1 saturated heterocycles. The molecule has 2 heteroatoms. The Balaban J connectivity index is 0.000000442. The lowest BCUT2D eigenvalue weighted by molar-refractivity contribution is 0.200. The fraction of sp³-hybridized carbons (Fsp3) is 0.923. The molecule has 0 aromatic rings. The van der Waals surface area contributed by atoms with E-state index in [4.69, 9.17) is 5.26 Å². The van der Waals surface area contributed by atoms with Crippen molar-refractivity contribution >= 4 is 0 Å². The third kappa shape index (κ3) is 3.50. The van der Waals surface area contributed by atoms with Crippen molar-refractivity contribution < 1.29 is 0 Å². The van der Waals surface area contributed by atoms with Crippen LogP contribution >= 0.6 is 0 Å². The summed E-state index contributed by atoms with van der Waals surface area (Å²) < 4.78 is 0. The Morgan fingerprint density at radius 3 is 2.47 bits per heavy atom. The molecule has 88 valence electrons. The van der Waals surface area contributed by atoms with E-state index in [9.17, 15) is 0 Å². The van der Waals surface area contributed by atoms with Gasteiger partial charge in [0.25, 0.3) is 0 Å². The van der Waals surface area contributed by atoms with Crippen LogP contribution in [0.4, 0.5) is 0 Å². The Bertz CT molecular complexity index is 207. The molecular weight excluding hydrogens is 184 g/mol. The predicted molar refractivity (Wildman–Crippen MR) is 65.6 cm³/mol. The second kappa shape index (κ2) is 6.85. The molecule has 2 rings (SSSR count). The molecule has 2 unspecified atom stereocenters. The molecule has 0 aromatic heterocycles. The van der Waals surface area contributed by atoms with Gasteiger partial charge in [0, 0.05) is 13.0 Å². The summed E-state index contributed by atoms with van der Waals surface area (Å²) in [5, 5.41) is 8.63. The van der Waals surface area contributed by atoms with Gasteiger partial charge in [0.2, 0.25) is 0 Å². The molecule has 0 spiro atoms. The van der Waals surface area contributed by atoms with Gasteiger partial charge in [-0.15, -0.1) is 0 Å². The monoisotopic (exact) mass is 210 g/mol. The van der Waals surface area contributed by atoms with E-state index >= 15 is 0 Å². The number of rotatable bonds is 1. The van der Waals surface area contributed by atoms with Gasteiger partial charge in [0.1, 0.15) is 0 Å². The van der Waals surface area contributed by atoms with Gasteiger partial charge < -0.3 is 4.90 Å². The zero-order valence-corrected chi connectivity index (χ0v) is 11.0. The smallest absolute Gasteiger partial charge is 0.0628 e. The van der Waals surface area contributed by atoms with Crippen molar-refractivity contribution in [2.45, 2.75) is 47.0 Å². The minimum Gasteiger partial charge on any atom is -0.306 e. The minimum atomic E-state index is 0.432. The van der Waals surface area contributed by atoms with E-state index in [0.29, 0.717) is 5.41 Å². The van der Waals surface area contributed by atoms with Gasteiger partial charge >= 0.3 is 0 Å². The van der Waals surface area contributed by atoms with Gasteiger partial charge in [-0.1, -0.05) is 27.7 Å². The maximum atomic E-state index is 8.63. The zero-order chi connectivity index (χ0) is 11.9. The van der Waals surface area contributed by atoms with Crippen LogP contribution in [-0.4, -0.2) is 25.0 Å². The molecule has 0 radical (unpaired) electrons. The van der Waals surface area contributed by atoms with Gasteiger partial charge in [-0.3, -0.25) is 0 Å². The normalized spacial score (nSPS) is 32.1. The highest BCUT2D eigenvalue weighted by molar-refractivity contribution is 5.09. The Morgan fingerprint density at radius 2 is 1.93 bits per heavy atom. The first-order valence-corrected chi connectivity index (χ1v) is 6.32. The van der Waals surface area contributed by atoms with Crippen molar-refractivity contribution in [1.82, 2.24) is 4.90 Å². The summed E-state index contributed by atoms with van der Waals surface area (Å²) in [4.78, 5) is 2.36. The Kier molecular flexibility index (Phi) is 6.60. The summed E-state index contributed by atoms with van der Waals surface area (Å²) in [6.07, 6.45) is 3.41. The van der Waals surface area contributed by atoms with E-state index in [-0.39, 0.29) is 0 Å². The molecule has 1 heterocycles. The van der Waals surface area contributed by atoms with E-state index < -0.39 is 0 Å². The molecule has 1 aliphatic carbocycles. The Hall–Kier alpha value is -0.550. The highest BCUT2D eigenvalue weighted by Gasteiger charge is 2.55. The second-order valence-electron chi connectivity index (χ2n) is 4.12. The molecule has 1 aliphatic heterocycles. The number of nitrogens with zero attached hydrogens (tertiary/aromatic N) is 2.